The molecule has 1 aliphatic heterocycles. The van der Waals surface area contributed by atoms with Crippen LogP contribution in [0, 0.1) is 6.92 Å². The van der Waals surface area contributed by atoms with E-state index in [1.165, 1.54) is 12.8 Å². The van der Waals surface area contributed by atoms with E-state index in [1.54, 1.807) is 0 Å². The Hall–Kier alpha value is -3.26. The van der Waals surface area contributed by atoms with Crippen LogP contribution in [0.2, 0.25) is 0 Å². The van der Waals surface area contributed by atoms with Crippen molar-refractivity contribution in [2.45, 2.75) is 57.6 Å². The van der Waals surface area contributed by atoms with Gasteiger partial charge in [0, 0.05) is 31.3 Å². The number of hydrogen-bond acceptors (Lipinski definition) is 7. The number of nitrogens with zero attached hydrogens (tertiary/aromatic N) is 6. The Morgan fingerprint density at radius 3 is 2.42 bits per heavy atom. The van der Waals surface area contributed by atoms with Gasteiger partial charge in [-0.25, -0.2) is 15.0 Å². The molecule has 2 fully saturated rings. The zero-order valence-electron chi connectivity index (χ0n) is 18.9. The van der Waals surface area contributed by atoms with Crippen LogP contribution in [0.25, 0.3) is 28.1 Å². The second-order valence-electron chi connectivity index (χ2n) is 9.29. The standard InChI is InChI=1S/C25H29N7O/c1-16-25(28-20-7-3-2-6-19(20)26-16)21-14-23-29-22(31-12-4-5-13-31)15-24(32(23)30-21)27-17-8-10-18(33)11-9-17/h2-3,6-7,14-15,17-18,27,33H,4-5,8-13H2,1H3/t17-,18+. The van der Waals surface area contributed by atoms with Crippen LogP contribution in [0.3, 0.4) is 0 Å². The third-order valence-corrected chi connectivity index (χ3v) is 6.88. The van der Waals surface area contributed by atoms with Crippen molar-refractivity contribution >= 4 is 28.3 Å². The largest absolute Gasteiger partial charge is 0.393 e. The molecule has 8 nitrogen and oxygen atoms in total. The van der Waals surface area contributed by atoms with Gasteiger partial charge in [-0.15, -0.1) is 0 Å². The molecule has 4 aromatic rings. The first-order chi connectivity index (χ1) is 16.1. The number of aliphatic hydroxyl groups excluding tert-OH is 1. The zero-order valence-corrected chi connectivity index (χ0v) is 18.9. The number of para-hydroxylation sites is 2. The predicted octanol–water partition coefficient (Wildman–Crippen LogP) is 3.96. The maximum atomic E-state index is 9.91. The highest BCUT2D eigenvalue weighted by atomic mass is 16.3. The van der Waals surface area contributed by atoms with Gasteiger partial charge in [0.1, 0.15) is 23.0 Å². The molecule has 0 atom stereocenters. The van der Waals surface area contributed by atoms with Crippen molar-refractivity contribution in [2.75, 3.05) is 23.3 Å². The van der Waals surface area contributed by atoms with Crippen molar-refractivity contribution in [1.29, 1.82) is 0 Å². The van der Waals surface area contributed by atoms with Gasteiger partial charge in [0.25, 0.3) is 0 Å². The molecule has 0 radical (unpaired) electrons. The molecular formula is C25H29N7O. The minimum Gasteiger partial charge on any atom is -0.393 e. The average molecular weight is 444 g/mol. The Kier molecular flexibility index (Phi) is 5.10. The summed E-state index contributed by atoms with van der Waals surface area (Å²) in [5.74, 6) is 1.94. The molecule has 1 aliphatic carbocycles. The highest BCUT2D eigenvalue weighted by Crippen LogP contribution is 2.29. The highest BCUT2D eigenvalue weighted by Gasteiger charge is 2.23. The summed E-state index contributed by atoms with van der Waals surface area (Å²) in [5, 5.41) is 18.5. The molecule has 1 saturated heterocycles. The quantitative estimate of drug-likeness (QED) is 0.493. The Bertz CT molecular complexity index is 1300. The first-order valence-corrected chi connectivity index (χ1v) is 12.0. The number of fused-ring (bicyclic) bond motifs is 2. The van der Waals surface area contributed by atoms with Gasteiger partial charge in [0.2, 0.25) is 0 Å². The molecule has 2 N–H and O–H groups in total. The fourth-order valence-corrected chi connectivity index (χ4v) is 5.05. The first kappa shape index (κ1) is 20.4. The maximum absolute atomic E-state index is 9.91. The molecule has 2 aliphatic rings. The van der Waals surface area contributed by atoms with Crippen LogP contribution in [-0.2, 0) is 0 Å². The smallest absolute Gasteiger partial charge is 0.160 e. The first-order valence-electron chi connectivity index (χ1n) is 12.0. The third kappa shape index (κ3) is 3.88. The van der Waals surface area contributed by atoms with Crippen molar-refractivity contribution in [3.63, 3.8) is 0 Å². The van der Waals surface area contributed by atoms with Gasteiger partial charge < -0.3 is 15.3 Å². The molecule has 8 heteroatoms. The molecular weight excluding hydrogens is 414 g/mol. The normalized spacial score (nSPS) is 21.2. The Morgan fingerprint density at radius 2 is 1.67 bits per heavy atom. The van der Waals surface area contributed by atoms with E-state index in [9.17, 15) is 5.11 Å². The van der Waals surface area contributed by atoms with Crippen LogP contribution in [0.15, 0.2) is 36.4 Å². The zero-order chi connectivity index (χ0) is 22.4. The summed E-state index contributed by atoms with van der Waals surface area (Å²) < 4.78 is 1.90. The van der Waals surface area contributed by atoms with E-state index in [2.05, 4.69) is 16.3 Å². The maximum Gasteiger partial charge on any atom is 0.160 e. The molecule has 0 amide bonds. The summed E-state index contributed by atoms with van der Waals surface area (Å²) in [5.41, 5.74) is 4.97. The number of anilines is 2. The van der Waals surface area contributed by atoms with E-state index in [4.69, 9.17) is 20.1 Å². The lowest BCUT2D eigenvalue weighted by Crippen LogP contribution is -2.29. The molecule has 0 bridgehead atoms. The van der Waals surface area contributed by atoms with Crippen LogP contribution in [-0.4, -0.2) is 54.9 Å². The lowest BCUT2D eigenvalue weighted by Gasteiger charge is -2.27. The SMILES string of the molecule is Cc1nc2ccccc2nc1-c1cc2nc(N3CCCC3)cc(N[C@H]3CC[C@@H](O)CC3)n2n1. The number of benzene rings is 1. The van der Waals surface area contributed by atoms with E-state index in [1.807, 2.05) is 41.8 Å². The second kappa shape index (κ2) is 8.26. The summed E-state index contributed by atoms with van der Waals surface area (Å²) >= 11 is 0. The molecule has 3 aromatic heterocycles. The van der Waals surface area contributed by atoms with Crippen molar-refractivity contribution < 1.29 is 5.11 Å². The van der Waals surface area contributed by atoms with Gasteiger partial charge >= 0.3 is 0 Å². The number of hydrogen-bond donors (Lipinski definition) is 2. The van der Waals surface area contributed by atoms with Gasteiger partial charge in [-0.05, 0) is 57.6 Å². The van der Waals surface area contributed by atoms with Gasteiger partial charge in [0.05, 0.1) is 22.8 Å². The minimum atomic E-state index is -0.175. The van der Waals surface area contributed by atoms with E-state index >= 15 is 0 Å². The molecule has 1 saturated carbocycles. The number of nitrogens with one attached hydrogen (secondary N) is 1. The molecule has 0 unspecified atom stereocenters. The molecule has 4 heterocycles. The van der Waals surface area contributed by atoms with Crippen LogP contribution >= 0.6 is 0 Å². The van der Waals surface area contributed by atoms with Crippen LogP contribution in [0.1, 0.15) is 44.2 Å². The summed E-state index contributed by atoms with van der Waals surface area (Å²) in [6, 6.07) is 12.4. The van der Waals surface area contributed by atoms with Crippen molar-refractivity contribution in [3.05, 3.63) is 42.1 Å². The summed E-state index contributed by atoms with van der Waals surface area (Å²) in [4.78, 5) is 16.9. The monoisotopic (exact) mass is 443 g/mol. The van der Waals surface area contributed by atoms with E-state index in [-0.39, 0.29) is 6.10 Å². The number of aryl methyl sites for hydroxylation is 1. The molecule has 33 heavy (non-hydrogen) atoms. The average Bonchev–Trinajstić information content (AvgIpc) is 3.50. The van der Waals surface area contributed by atoms with Crippen LogP contribution in [0.5, 0.6) is 0 Å². The highest BCUT2D eigenvalue weighted by molar-refractivity contribution is 5.78. The van der Waals surface area contributed by atoms with Crippen molar-refractivity contribution in [3.8, 4) is 11.4 Å². The molecule has 1 aromatic carbocycles. The molecule has 6 rings (SSSR count). The van der Waals surface area contributed by atoms with Crippen molar-refractivity contribution in [1.82, 2.24) is 24.6 Å². The predicted molar refractivity (Wildman–Crippen MR) is 130 cm³/mol. The second-order valence-corrected chi connectivity index (χ2v) is 9.29. The number of aliphatic hydroxyl groups is 1. The summed E-state index contributed by atoms with van der Waals surface area (Å²) in [7, 11) is 0. The van der Waals surface area contributed by atoms with Gasteiger partial charge in [-0.1, -0.05) is 12.1 Å². The topological polar surface area (TPSA) is 91.5 Å². The fraction of sp³-hybridized carbons (Fsp3) is 0.440. The third-order valence-electron chi connectivity index (χ3n) is 6.88. The Labute approximate surface area is 192 Å². The minimum absolute atomic E-state index is 0.175. The summed E-state index contributed by atoms with van der Waals surface area (Å²) in [6.45, 7) is 4.05. The molecule has 0 spiro atoms. The lowest BCUT2D eigenvalue weighted by atomic mass is 9.93. The van der Waals surface area contributed by atoms with E-state index in [0.29, 0.717) is 6.04 Å². The van der Waals surface area contributed by atoms with Gasteiger partial charge in [0.15, 0.2) is 5.65 Å². The number of rotatable bonds is 4. The van der Waals surface area contributed by atoms with E-state index < -0.39 is 0 Å². The van der Waals surface area contributed by atoms with E-state index in [0.717, 1.165) is 84.2 Å². The fourth-order valence-electron chi connectivity index (χ4n) is 5.05. The van der Waals surface area contributed by atoms with Crippen LogP contribution < -0.4 is 10.2 Å². The van der Waals surface area contributed by atoms with Gasteiger partial charge in [-0.3, -0.25) is 0 Å². The van der Waals surface area contributed by atoms with Crippen molar-refractivity contribution in [2.24, 2.45) is 0 Å². The Morgan fingerprint density at radius 1 is 0.939 bits per heavy atom. The summed E-state index contributed by atoms with van der Waals surface area (Å²) in [6.07, 6.45) is 5.80. The lowest BCUT2D eigenvalue weighted by molar-refractivity contribution is 0.126. The molecule has 170 valence electrons. The Balaban J connectivity index is 1.44. The number of aromatic nitrogens is 5. The van der Waals surface area contributed by atoms with Gasteiger partial charge in [-0.2, -0.15) is 9.61 Å². The van der Waals surface area contributed by atoms with Crippen LogP contribution in [0.4, 0.5) is 11.6 Å².